The van der Waals surface area contributed by atoms with Crippen molar-refractivity contribution < 1.29 is 18.9 Å². The number of furan rings is 1. The summed E-state index contributed by atoms with van der Waals surface area (Å²) >= 11 is 5.77. The first kappa shape index (κ1) is 24.9. The molecule has 1 amide bonds. The molecule has 192 valence electrons. The number of nitro groups is 1. The molecule has 2 aromatic carbocycles. The zero-order valence-electron chi connectivity index (χ0n) is 20.5. The number of non-ortho nitro benzene ring substituents is 1. The Kier molecular flexibility index (Phi) is 6.75. The number of carbonyl (C=O) groups excluding carboxylic acids is 1. The highest BCUT2D eigenvalue weighted by Gasteiger charge is 2.42. The van der Waals surface area contributed by atoms with Crippen molar-refractivity contribution >= 4 is 40.3 Å². The zero-order chi connectivity index (χ0) is 26.8. The van der Waals surface area contributed by atoms with Gasteiger partial charge >= 0.3 is 0 Å². The highest BCUT2D eigenvalue weighted by molar-refractivity contribution is 7.80. The molecule has 11 heteroatoms. The maximum atomic E-state index is 11.8. The lowest BCUT2D eigenvalue weighted by Crippen LogP contribution is -2.29. The summed E-state index contributed by atoms with van der Waals surface area (Å²) in [5, 5.41) is 17.7. The molecule has 0 bridgehead atoms. The number of aromatic nitrogens is 1. The van der Waals surface area contributed by atoms with Crippen LogP contribution in [0.3, 0.4) is 0 Å². The molecule has 2 atom stereocenters. The number of carbonyl (C=O) groups is 1. The molecule has 0 saturated carbocycles. The maximum absolute atomic E-state index is 11.8. The average molecular weight is 530 g/mol. The fourth-order valence-corrected chi connectivity index (χ4v) is 4.82. The Labute approximate surface area is 223 Å². The van der Waals surface area contributed by atoms with Crippen LogP contribution in [0.15, 0.2) is 83.4 Å². The van der Waals surface area contributed by atoms with Gasteiger partial charge in [-0.15, -0.1) is 0 Å². The quantitative estimate of drug-likeness (QED) is 0.184. The van der Waals surface area contributed by atoms with Crippen LogP contribution in [-0.4, -0.2) is 28.0 Å². The Bertz CT molecular complexity index is 1510. The van der Waals surface area contributed by atoms with Crippen LogP contribution < -0.4 is 20.3 Å². The molecule has 0 aliphatic carbocycles. The summed E-state index contributed by atoms with van der Waals surface area (Å²) in [6.45, 7) is 1.43. The minimum atomic E-state index is -0.443. The number of benzene rings is 2. The Hall–Kier alpha value is -4.77. The van der Waals surface area contributed by atoms with Crippen molar-refractivity contribution in [2.24, 2.45) is 0 Å². The van der Waals surface area contributed by atoms with Gasteiger partial charge in [0.2, 0.25) is 5.91 Å². The van der Waals surface area contributed by atoms with Gasteiger partial charge in [0.05, 0.1) is 29.5 Å². The highest BCUT2D eigenvalue weighted by atomic mass is 32.1. The fraction of sp³-hybridized carbons (Fsp3) is 0.148. The van der Waals surface area contributed by atoms with Gasteiger partial charge < -0.3 is 24.7 Å². The van der Waals surface area contributed by atoms with Crippen molar-refractivity contribution in [2.75, 3.05) is 17.3 Å². The van der Waals surface area contributed by atoms with Crippen LogP contribution in [0.1, 0.15) is 30.5 Å². The van der Waals surface area contributed by atoms with E-state index in [0.717, 1.165) is 5.69 Å². The number of ether oxygens (including phenoxy) is 1. The lowest BCUT2D eigenvalue weighted by atomic mass is 10.0. The first-order chi connectivity index (χ1) is 18.4. The Balaban J connectivity index is 1.58. The molecule has 1 saturated heterocycles. The topological polar surface area (TPSA) is 123 Å². The summed E-state index contributed by atoms with van der Waals surface area (Å²) < 4.78 is 11.7. The van der Waals surface area contributed by atoms with Crippen LogP contribution in [-0.2, 0) is 4.79 Å². The molecule has 3 heterocycles. The van der Waals surface area contributed by atoms with E-state index in [1.807, 2.05) is 41.3 Å². The van der Waals surface area contributed by atoms with Crippen molar-refractivity contribution in [3.8, 4) is 17.1 Å². The van der Waals surface area contributed by atoms with E-state index in [1.54, 1.807) is 30.5 Å². The van der Waals surface area contributed by atoms with Gasteiger partial charge in [-0.05, 0) is 66.8 Å². The molecule has 1 aliphatic rings. The third-order valence-corrected chi connectivity index (χ3v) is 6.47. The van der Waals surface area contributed by atoms with Crippen LogP contribution in [0.5, 0.6) is 5.75 Å². The SMILES string of the molecule is COc1ccc(N2C(=S)NC(c3ccccn3)C2c2ccc(-c3ccc([N+](=O)[O-])cc3)o2)cc1NC(C)=O. The monoisotopic (exact) mass is 529 g/mol. The van der Waals surface area contributed by atoms with Gasteiger partial charge in [-0.1, -0.05) is 6.07 Å². The number of amides is 1. The van der Waals surface area contributed by atoms with Crippen LogP contribution in [0.4, 0.5) is 17.1 Å². The molecule has 5 rings (SSSR count). The molecule has 38 heavy (non-hydrogen) atoms. The smallest absolute Gasteiger partial charge is 0.269 e. The lowest BCUT2D eigenvalue weighted by Gasteiger charge is -2.27. The number of nitro benzene ring substituents is 1. The van der Waals surface area contributed by atoms with E-state index in [0.29, 0.717) is 39.3 Å². The Morgan fingerprint density at radius 2 is 1.95 bits per heavy atom. The molecular formula is C27H23N5O5S. The summed E-state index contributed by atoms with van der Waals surface area (Å²) in [5.74, 6) is 1.45. The van der Waals surface area contributed by atoms with Gasteiger partial charge in [0.15, 0.2) is 5.11 Å². The summed E-state index contributed by atoms with van der Waals surface area (Å²) in [4.78, 5) is 28.9. The van der Waals surface area contributed by atoms with Crippen LogP contribution in [0, 0.1) is 10.1 Å². The van der Waals surface area contributed by atoms with Crippen molar-refractivity contribution in [1.29, 1.82) is 0 Å². The summed E-state index contributed by atoms with van der Waals surface area (Å²) in [7, 11) is 1.53. The average Bonchev–Trinajstić information content (AvgIpc) is 3.53. The normalized spacial score (nSPS) is 16.7. The van der Waals surface area contributed by atoms with Gasteiger partial charge in [-0.2, -0.15) is 0 Å². The predicted molar refractivity (Wildman–Crippen MR) is 146 cm³/mol. The molecule has 10 nitrogen and oxygen atoms in total. The van der Waals surface area contributed by atoms with Crippen molar-refractivity contribution in [2.45, 2.75) is 19.0 Å². The number of nitrogens with zero attached hydrogens (tertiary/aromatic N) is 3. The van der Waals surface area contributed by atoms with Crippen LogP contribution in [0.2, 0.25) is 0 Å². The predicted octanol–water partition coefficient (Wildman–Crippen LogP) is 5.39. The van der Waals surface area contributed by atoms with Crippen LogP contribution >= 0.6 is 12.2 Å². The number of pyridine rings is 1. The van der Waals surface area contributed by atoms with E-state index in [1.165, 1.54) is 26.2 Å². The molecule has 4 aromatic rings. The summed E-state index contributed by atoms with van der Waals surface area (Å²) in [6, 6.07) is 20.1. The number of rotatable bonds is 7. The number of thiocarbonyl (C=S) groups is 1. The van der Waals surface area contributed by atoms with Gasteiger partial charge in [0.1, 0.15) is 23.3 Å². The number of nitrogens with one attached hydrogen (secondary N) is 2. The second-order valence-corrected chi connectivity index (χ2v) is 8.96. The van der Waals surface area contributed by atoms with Crippen molar-refractivity contribution in [3.63, 3.8) is 0 Å². The third-order valence-electron chi connectivity index (χ3n) is 6.15. The zero-order valence-corrected chi connectivity index (χ0v) is 21.3. The fourth-order valence-electron chi connectivity index (χ4n) is 4.47. The minimum Gasteiger partial charge on any atom is -0.495 e. The first-order valence-corrected chi connectivity index (χ1v) is 12.1. The Morgan fingerprint density at radius 1 is 1.16 bits per heavy atom. The van der Waals surface area contributed by atoms with E-state index in [-0.39, 0.29) is 17.6 Å². The molecule has 2 aromatic heterocycles. The standard InChI is InChI=1S/C27H23N5O5S/c1-16(33)29-21-15-19(10-11-23(21)36-2)31-26(25(30-27(31)38)20-5-3-4-14-28-20)24-13-12-22(37-24)17-6-8-18(9-7-17)32(34)35/h3-15,25-26H,1-2H3,(H,29,33)(H,30,38). The summed E-state index contributed by atoms with van der Waals surface area (Å²) in [6.07, 6.45) is 1.71. The number of hydrogen-bond donors (Lipinski definition) is 2. The molecule has 2 N–H and O–H groups in total. The molecule has 2 unspecified atom stereocenters. The third kappa shape index (κ3) is 4.78. The molecule has 1 aliphatic heterocycles. The van der Waals surface area contributed by atoms with E-state index < -0.39 is 11.0 Å². The second-order valence-electron chi connectivity index (χ2n) is 8.57. The highest BCUT2D eigenvalue weighted by Crippen LogP contribution is 2.44. The maximum Gasteiger partial charge on any atom is 0.269 e. The van der Waals surface area contributed by atoms with Gasteiger partial charge in [-0.3, -0.25) is 19.9 Å². The van der Waals surface area contributed by atoms with E-state index >= 15 is 0 Å². The summed E-state index contributed by atoms with van der Waals surface area (Å²) in [5.41, 5.74) is 2.69. The van der Waals surface area contributed by atoms with Crippen molar-refractivity contribution in [1.82, 2.24) is 10.3 Å². The number of methoxy groups -OCH3 is 1. The minimum absolute atomic E-state index is 0.00161. The van der Waals surface area contributed by atoms with Gasteiger partial charge in [-0.25, -0.2) is 0 Å². The molecule has 1 fully saturated rings. The largest absolute Gasteiger partial charge is 0.495 e. The Morgan fingerprint density at radius 3 is 2.61 bits per heavy atom. The van der Waals surface area contributed by atoms with Crippen molar-refractivity contribution in [3.05, 3.63) is 101 Å². The number of anilines is 2. The lowest BCUT2D eigenvalue weighted by molar-refractivity contribution is -0.384. The molecule has 0 spiro atoms. The van der Waals surface area contributed by atoms with Gasteiger partial charge in [0, 0.05) is 36.5 Å². The van der Waals surface area contributed by atoms with E-state index in [4.69, 9.17) is 21.4 Å². The molecular weight excluding hydrogens is 506 g/mol. The van der Waals surface area contributed by atoms with Gasteiger partial charge in [0.25, 0.3) is 5.69 Å². The second kappa shape index (κ2) is 10.3. The van der Waals surface area contributed by atoms with E-state index in [9.17, 15) is 14.9 Å². The van der Waals surface area contributed by atoms with Crippen LogP contribution in [0.25, 0.3) is 11.3 Å². The number of hydrogen-bond acceptors (Lipinski definition) is 7. The van der Waals surface area contributed by atoms with E-state index in [2.05, 4.69) is 15.6 Å². The molecule has 0 radical (unpaired) electrons. The first-order valence-electron chi connectivity index (χ1n) is 11.7.